The molecule has 3 aromatic rings. The van der Waals surface area contributed by atoms with Crippen molar-refractivity contribution in [1.82, 2.24) is 14.7 Å². The molecule has 1 N–H and O–H groups in total. The summed E-state index contributed by atoms with van der Waals surface area (Å²) in [5.41, 5.74) is -1.33. The van der Waals surface area contributed by atoms with Gasteiger partial charge in [0.15, 0.2) is 5.69 Å². The molecule has 1 amide bonds. The average Bonchev–Trinajstić information content (AvgIpc) is 3.16. The van der Waals surface area contributed by atoms with Crippen LogP contribution in [0.4, 0.5) is 18.9 Å². The van der Waals surface area contributed by atoms with E-state index in [0.29, 0.717) is 10.6 Å². The van der Waals surface area contributed by atoms with E-state index in [-0.39, 0.29) is 17.7 Å². The summed E-state index contributed by atoms with van der Waals surface area (Å²) in [5, 5.41) is 6.39. The lowest BCUT2D eigenvalue weighted by molar-refractivity contribution is -0.141. The van der Waals surface area contributed by atoms with Crippen LogP contribution in [-0.4, -0.2) is 49.4 Å². The van der Waals surface area contributed by atoms with Crippen LogP contribution in [0.2, 0.25) is 5.02 Å². The molecule has 0 atom stereocenters. The first-order valence-electron chi connectivity index (χ1n) is 10.0. The summed E-state index contributed by atoms with van der Waals surface area (Å²) in [5.74, 6) is -0.497. The summed E-state index contributed by atoms with van der Waals surface area (Å²) < 4.78 is 71.3. The van der Waals surface area contributed by atoms with Gasteiger partial charge < -0.3 is 10.2 Å². The van der Waals surface area contributed by atoms with Crippen molar-refractivity contribution in [2.45, 2.75) is 17.5 Å². The van der Waals surface area contributed by atoms with Gasteiger partial charge in [-0.05, 0) is 23.8 Å². The molecular weight excluding hydrogens is 507 g/mol. The van der Waals surface area contributed by atoms with E-state index in [1.54, 1.807) is 24.3 Å². The Balaban J connectivity index is 2.08. The summed E-state index contributed by atoms with van der Waals surface area (Å²) >= 11 is 6.08. The number of anilines is 1. The van der Waals surface area contributed by atoms with Crippen molar-refractivity contribution >= 4 is 39.6 Å². The fourth-order valence-electron chi connectivity index (χ4n) is 3.16. The van der Waals surface area contributed by atoms with E-state index in [9.17, 15) is 26.4 Å². The Labute approximate surface area is 205 Å². The Morgan fingerprint density at radius 3 is 2.51 bits per heavy atom. The predicted molar refractivity (Wildman–Crippen MR) is 127 cm³/mol. The molecule has 0 saturated carbocycles. The van der Waals surface area contributed by atoms with E-state index in [2.05, 4.69) is 14.8 Å². The van der Waals surface area contributed by atoms with Crippen LogP contribution in [0.15, 0.2) is 58.0 Å². The topological polar surface area (TPSA) is 96.7 Å². The first kappa shape index (κ1) is 26.2. The number of nitrogens with one attached hydrogen (secondary N) is 1. The highest BCUT2D eigenvalue weighted by molar-refractivity contribution is 7.90. The van der Waals surface area contributed by atoms with Crippen molar-refractivity contribution < 1.29 is 26.4 Å². The van der Waals surface area contributed by atoms with Gasteiger partial charge in [-0.1, -0.05) is 35.9 Å². The zero-order valence-corrected chi connectivity index (χ0v) is 20.4. The van der Waals surface area contributed by atoms with Crippen LogP contribution < -0.4 is 5.32 Å². The number of rotatable bonds is 7. The number of alkyl halides is 3. The number of benzene rings is 2. The molecule has 0 aliphatic carbocycles. The van der Waals surface area contributed by atoms with Crippen molar-refractivity contribution in [2.75, 3.05) is 19.4 Å². The number of sulfonamides is 1. The van der Waals surface area contributed by atoms with Gasteiger partial charge in [0, 0.05) is 49.2 Å². The van der Waals surface area contributed by atoms with Gasteiger partial charge in [0.1, 0.15) is 6.34 Å². The minimum Gasteiger partial charge on any atom is -0.368 e. The summed E-state index contributed by atoms with van der Waals surface area (Å²) in [7, 11) is -0.0962. The van der Waals surface area contributed by atoms with Crippen molar-refractivity contribution in [1.29, 1.82) is 0 Å². The first-order valence-corrected chi connectivity index (χ1v) is 11.8. The number of hydrogen-bond donors (Lipinski definition) is 1. The molecule has 1 heterocycles. The minimum absolute atomic E-state index is 0.0573. The van der Waals surface area contributed by atoms with E-state index in [0.717, 1.165) is 23.3 Å². The smallest absolute Gasteiger partial charge is 0.368 e. The second-order valence-corrected chi connectivity index (χ2v) is 9.76. The van der Waals surface area contributed by atoms with E-state index in [1.165, 1.54) is 38.2 Å². The van der Waals surface area contributed by atoms with Crippen LogP contribution in [0.5, 0.6) is 0 Å². The highest BCUT2D eigenvalue weighted by atomic mass is 35.5. The zero-order valence-electron chi connectivity index (χ0n) is 18.8. The number of carbonyl (C=O) groups excluding carboxylic acids is 1. The van der Waals surface area contributed by atoms with Gasteiger partial charge in [-0.25, -0.2) is 0 Å². The molecule has 0 aliphatic rings. The second kappa shape index (κ2) is 10.1. The highest BCUT2D eigenvalue weighted by Gasteiger charge is 2.38. The maximum Gasteiger partial charge on any atom is 0.435 e. The van der Waals surface area contributed by atoms with Crippen molar-refractivity contribution in [3.8, 4) is 11.1 Å². The number of carbonyl (C=O) groups is 1. The molecule has 0 spiro atoms. The van der Waals surface area contributed by atoms with Crippen LogP contribution >= 0.6 is 11.6 Å². The van der Waals surface area contributed by atoms with E-state index < -0.39 is 38.3 Å². The molecule has 13 heteroatoms. The molecule has 186 valence electrons. The van der Waals surface area contributed by atoms with Gasteiger partial charge in [0.25, 0.3) is 10.0 Å². The van der Waals surface area contributed by atoms with Crippen molar-refractivity contribution in [3.63, 3.8) is 0 Å². The lowest BCUT2D eigenvalue weighted by Crippen LogP contribution is -2.15. The zero-order chi connectivity index (χ0) is 26.0. The molecule has 0 bridgehead atoms. The monoisotopic (exact) mass is 527 g/mol. The summed E-state index contributed by atoms with van der Waals surface area (Å²) in [4.78, 5) is 13.4. The lowest BCUT2D eigenvalue weighted by Gasteiger charge is -2.13. The normalized spacial score (nSPS) is 12.2. The molecule has 0 saturated heterocycles. The predicted octanol–water partition coefficient (Wildman–Crippen LogP) is 4.22. The maximum absolute atomic E-state index is 13.6. The van der Waals surface area contributed by atoms with Crippen molar-refractivity contribution in [3.05, 3.63) is 64.9 Å². The lowest BCUT2D eigenvalue weighted by atomic mass is 10.1. The molecule has 0 fully saturated rings. The minimum atomic E-state index is -4.83. The fraction of sp³-hybridized carbons (Fsp3) is 0.227. The SMILES string of the molecule is CN(C)C=NS(=O)(=O)c1cc(NC(=O)Cc2ccccc2Cl)ccc1-c1cn(C)nc1C(F)(F)F. The average molecular weight is 528 g/mol. The quantitative estimate of drug-likeness (QED) is 0.366. The van der Waals surface area contributed by atoms with Crippen LogP contribution in [0.25, 0.3) is 11.1 Å². The second-order valence-electron chi connectivity index (χ2n) is 7.75. The number of hydrogen-bond acceptors (Lipinski definition) is 4. The van der Waals surface area contributed by atoms with E-state index >= 15 is 0 Å². The standard InChI is InChI=1S/C22H21ClF3N5O3S/c1-30(2)13-27-35(33,34)19-11-15(28-20(32)10-14-6-4-5-7-18(14)23)8-9-16(19)17-12-31(3)29-21(17)22(24,25)26/h4-9,11-13H,10H2,1-3H3,(H,28,32). The van der Waals surface area contributed by atoms with Crippen LogP contribution in [0.3, 0.4) is 0 Å². The molecule has 2 aromatic carbocycles. The summed E-state index contributed by atoms with van der Waals surface area (Å²) in [6.07, 6.45) is -2.84. The van der Waals surface area contributed by atoms with Gasteiger partial charge in [-0.2, -0.15) is 26.7 Å². The molecule has 8 nitrogen and oxygen atoms in total. The highest BCUT2D eigenvalue weighted by Crippen LogP contribution is 2.39. The Morgan fingerprint density at radius 1 is 1.20 bits per heavy atom. The summed E-state index contributed by atoms with van der Waals surface area (Å²) in [6.45, 7) is 0. The Bertz CT molecular complexity index is 1390. The van der Waals surface area contributed by atoms with E-state index in [1.807, 2.05) is 0 Å². The Hall–Kier alpha value is -3.38. The summed E-state index contributed by atoms with van der Waals surface area (Å²) in [6, 6.07) is 10.3. The molecule has 3 rings (SSSR count). The maximum atomic E-state index is 13.6. The number of nitrogens with zero attached hydrogens (tertiary/aromatic N) is 4. The van der Waals surface area contributed by atoms with Gasteiger partial charge in [-0.3, -0.25) is 9.48 Å². The molecular formula is C22H21ClF3N5O3S. The van der Waals surface area contributed by atoms with E-state index in [4.69, 9.17) is 11.6 Å². The fourth-order valence-corrected chi connectivity index (χ4v) is 4.52. The number of aromatic nitrogens is 2. The first-order chi connectivity index (χ1) is 16.3. The third-order valence-corrected chi connectivity index (χ3v) is 6.29. The number of aryl methyl sites for hydroxylation is 1. The molecule has 35 heavy (non-hydrogen) atoms. The van der Waals surface area contributed by atoms with Gasteiger partial charge in [0.05, 0.1) is 11.3 Å². The Kier molecular flexibility index (Phi) is 7.56. The van der Waals surface area contributed by atoms with Crippen LogP contribution in [0.1, 0.15) is 11.3 Å². The largest absolute Gasteiger partial charge is 0.435 e. The number of amides is 1. The molecule has 0 unspecified atom stereocenters. The van der Waals surface area contributed by atoms with Gasteiger partial charge >= 0.3 is 6.18 Å². The van der Waals surface area contributed by atoms with Crippen LogP contribution in [-0.2, 0) is 34.5 Å². The van der Waals surface area contributed by atoms with Crippen molar-refractivity contribution in [2.24, 2.45) is 11.4 Å². The molecule has 0 aliphatic heterocycles. The third kappa shape index (κ3) is 6.40. The molecule has 0 radical (unpaired) electrons. The number of halogens is 4. The van der Waals surface area contributed by atoms with Gasteiger partial charge in [-0.15, -0.1) is 4.40 Å². The van der Waals surface area contributed by atoms with Crippen LogP contribution in [0, 0.1) is 0 Å². The molecule has 1 aromatic heterocycles. The third-order valence-electron chi connectivity index (χ3n) is 4.66. The Morgan fingerprint density at radius 2 is 1.89 bits per heavy atom. The van der Waals surface area contributed by atoms with Gasteiger partial charge in [0.2, 0.25) is 5.91 Å².